The van der Waals surface area contributed by atoms with Crippen molar-refractivity contribution in [3.63, 3.8) is 0 Å². The molecule has 2 aromatic carbocycles. The lowest BCUT2D eigenvalue weighted by Crippen LogP contribution is -2.39. The molecule has 4 aromatic rings. The van der Waals surface area contributed by atoms with Crippen LogP contribution in [0.15, 0.2) is 46.0 Å². The fourth-order valence-corrected chi connectivity index (χ4v) is 4.61. The molecule has 0 atom stereocenters. The second kappa shape index (κ2) is 6.61. The maximum absolute atomic E-state index is 12.9. The highest BCUT2D eigenvalue weighted by atomic mass is 35.5. The van der Waals surface area contributed by atoms with Crippen molar-refractivity contribution in [2.75, 3.05) is 5.32 Å². The molecule has 0 aliphatic rings. The van der Waals surface area contributed by atoms with E-state index in [1.165, 1.54) is 27.5 Å². The Bertz CT molecular complexity index is 1400. The lowest BCUT2D eigenvalue weighted by atomic mass is 10.1. The number of carbonyl (C=O) groups excluding carboxylic acids is 1. The number of nitrogens with zero attached hydrogens (tertiary/aromatic N) is 2. The topological polar surface area (TPSA) is 73.1 Å². The zero-order chi connectivity index (χ0) is 20.2. The van der Waals surface area contributed by atoms with E-state index in [1.54, 1.807) is 19.2 Å². The van der Waals surface area contributed by atoms with Crippen molar-refractivity contribution in [1.29, 1.82) is 0 Å². The quantitative estimate of drug-likeness (QED) is 0.509. The van der Waals surface area contributed by atoms with Gasteiger partial charge in [-0.05, 0) is 30.7 Å². The third kappa shape index (κ3) is 2.75. The third-order valence-corrected chi connectivity index (χ3v) is 6.50. The van der Waals surface area contributed by atoms with Gasteiger partial charge in [0.05, 0.1) is 16.1 Å². The molecule has 0 spiro atoms. The van der Waals surface area contributed by atoms with Gasteiger partial charge in [-0.15, -0.1) is 11.3 Å². The minimum absolute atomic E-state index is 0.316. The van der Waals surface area contributed by atoms with Crippen LogP contribution in [0.4, 0.5) is 5.69 Å². The average molecular weight is 414 g/mol. The normalized spacial score (nSPS) is 11.3. The number of fused-ring (bicyclic) bond motifs is 2. The molecule has 0 radical (unpaired) electrons. The van der Waals surface area contributed by atoms with E-state index in [0.717, 1.165) is 15.6 Å². The molecule has 2 heterocycles. The van der Waals surface area contributed by atoms with Crippen molar-refractivity contribution < 1.29 is 4.79 Å². The van der Waals surface area contributed by atoms with Crippen LogP contribution in [0.1, 0.15) is 15.2 Å². The molecule has 0 fully saturated rings. The van der Waals surface area contributed by atoms with Gasteiger partial charge in [0, 0.05) is 29.9 Å². The zero-order valence-electron chi connectivity index (χ0n) is 15.4. The lowest BCUT2D eigenvalue weighted by Gasteiger charge is -2.14. The van der Waals surface area contributed by atoms with Crippen LogP contribution in [0.5, 0.6) is 0 Å². The fourth-order valence-electron chi connectivity index (χ4n) is 3.20. The Morgan fingerprint density at radius 2 is 1.64 bits per heavy atom. The van der Waals surface area contributed by atoms with Crippen LogP contribution in [-0.4, -0.2) is 15.0 Å². The number of nitrogens with one attached hydrogen (secondary N) is 1. The second-order valence-electron chi connectivity index (χ2n) is 6.58. The van der Waals surface area contributed by atoms with E-state index >= 15 is 0 Å². The first-order chi connectivity index (χ1) is 13.3. The van der Waals surface area contributed by atoms with Crippen LogP contribution in [-0.2, 0) is 14.1 Å². The van der Waals surface area contributed by atoms with Crippen molar-refractivity contribution in [1.82, 2.24) is 9.13 Å². The molecule has 1 N–H and O–H groups in total. The molecule has 0 saturated heterocycles. The Labute approximate surface area is 168 Å². The monoisotopic (exact) mass is 413 g/mol. The number of aryl methyl sites for hydroxylation is 3. The summed E-state index contributed by atoms with van der Waals surface area (Å²) >= 11 is 7.73. The molecule has 8 heteroatoms. The van der Waals surface area contributed by atoms with Crippen LogP contribution < -0.4 is 16.4 Å². The summed E-state index contributed by atoms with van der Waals surface area (Å²) in [6, 6.07) is 11.0. The standard InChI is InChI=1S/C20H16ClN3O3S/c1-10-8-13-14(24(3)20(27)19(26)23(13)2)9-12(10)22-18(25)17-16(21)11-6-4-5-7-15(11)28-17/h4-9H,1-3H3,(H,22,25). The second-order valence-corrected chi connectivity index (χ2v) is 8.01. The Balaban J connectivity index is 1.82. The Morgan fingerprint density at radius 3 is 2.29 bits per heavy atom. The SMILES string of the molecule is Cc1cc2c(cc1NC(=O)c1sc3ccccc3c1Cl)n(C)c(=O)c(=O)n2C. The van der Waals surface area contributed by atoms with Gasteiger partial charge in [0.15, 0.2) is 0 Å². The Kier molecular flexibility index (Phi) is 4.36. The van der Waals surface area contributed by atoms with Crippen molar-refractivity contribution in [3.05, 3.63) is 72.6 Å². The molecular formula is C20H16ClN3O3S. The zero-order valence-corrected chi connectivity index (χ0v) is 16.9. The number of benzene rings is 2. The number of hydrogen-bond acceptors (Lipinski definition) is 4. The molecule has 2 aromatic heterocycles. The van der Waals surface area contributed by atoms with Crippen molar-refractivity contribution in [2.45, 2.75) is 6.92 Å². The maximum Gasteiger partial charge on any atom is 0.316 e. The van der Waals surface area contributed by atoms with E-state index in [0.29, 0.717) is 26.6 Å². The molecule has 0 unspecified atom stereocenters. The molecule has 0 bridgehead atoms. The number of rotatable bonds is 2. The number of thiophene rings is 1. The predicted octanol–water partition coefficient (Wildman–Crippen LogP) is 3.67. The fraction of sp³-hybridized carbons (Fsp3) is 0.150. The smallest absolute Gasteiger partial charge is 0.316 e. The van der Waals surface area contributed by atoms with Crippen LogP contribution in [0.2, 0.25) is 5.02 Å². The minimum Gasteiger partial charge on any atom is -0.321 e. The number of halogens is 1. The summed E-state index contributed by atoms with van der Waals surface area (Å²) in [7, 11) is 3.09. The minimum atomic E-state index is -0.622. The van der Waals surface area contributed by atoms with E-state index < -0.39 is 11.1 Å². The number of hydrogen-bond donors (Lipinski definition) is 1. The number of carbonyl (C=O) groups is 1. The van der Waals surface area contributed by atoms with E-state index in [1.807, 2.05) is 31.2 Å². The number of amides is 1. The van der Waals surface area contributed by atoms with E-state index in [-0.39, 0.29) is 5.91 Å². The van der Waals surface area contributed by atoms with Crippen molar-refractivity contribution in [2.24, 2.45) is 14.1 Å². The van der Waals surface area contributed by atoms with Gasteiger partial charge >= 0.3 is 11.1 Å². The summed E-state index contributed by atoms with van der Waals surface area (Å²) in [5.41, 5.74) is 1.27. The molecular weight excluding hydrogens is 398 g/mol. The summed E-state index contributed by atoms with van der Waals surface area (Å²) in [5.74, 6) is -0.316. The van der Waals surface area contributed by atoms with Gasteiger partial charge < -0.3 is 14.5 Å². The van der Waals surface area contributed by atoms with Gasteiger partial charge in [-0.2, -0.15) is 0 Å². The lowest BCUT2D eigenvalue weighted by molar-refractivity contribution is 0.103. The number of anilines is 1. The molecule has 0 aliphatic carbocycles. The Hall–Kier alpha value is -2.90. The molecule has 0 saturated carbocycles. The van der Waals surface area contributed by atoms with Crippen LogP contribution in [0, 0.1) is 6.92 Å². The van der Waals surface area contributed by atoms with Crippen LogP contribution >= 0.6 is 22.9 Å². The molecule has 142 valence electrons. The van der Waals surface area contributed by atoms with Gasteiger partial charge in [-0.25, -0.2) is 0 Å². The molecule has 0 aliphatic heterocycles. The molecule has 28 heavy (non-hydrogen) atoms. The molecule has 6 nitrogen and oxygen atoms in total. The van der Waals surface area contributed by atoms with Gasteiger partial charge in [0.2, 0.25) is 0 Å². The number of aromatic nitrogens is 2. The highest BCUT2D eigenvalue weighted by Crippen LogP contribution is 2.35. The first-order valence-electron chi connectivity index (χ1n) is 8.48. The predicted molar refractivity (Wildman–Crippen MR) is 114 cm³/mol. The third-order valence-electron chi connectivity index (χ3n) is 4.83. The summed E-state index contributed by atoms with van der Waals surface area (Å²) in [6.45, 7) is 1.83. The average Bonchev–Trinajstić information content (AvgIpc) is 3.03. The molecule has 4 rings (SSSR count). The van der Waals surface area contributed by atoms with Crippen molar-refractivity contribution >= 4 is 55.7 Å². The van der Waals surface area contributed by atoms with Gasteiger partial charge in [0.1, 0.15) is 4.88 Å². The van der Waals surface area contributed by atoms with E-state index in [2.05, 4.69) is 5.32 Å². The van der Waals surface area contributed by atoms with Crippen LogP contribution in [0.25, 0.3) is 21.1 Å². The summed E-state index contributed by atoms with van der Waals surface area (Å²) in [6.07, 6.45) is 0. The summed E-state index contributed by atoms with van der Waals surface area (Å²) in [4.78, 5) is 37.4. The highest BCUT2D eigenvalue weighted by molar-refractivity contribution is 7.21. The van der Waals surface area contributed by atoms with Gasteiger partial charge in [0.25, 0.3) is 5.91 Å². The summed E-state index contributed by atoms with van der Waals surface area (Å²) in [5, 5.41) is 4.15. The largest absolute Gasteiger partial charge is 0.321 e. The maximum atomic E-state index is 12.9. The first-order valence-corrected chi connectivity index (χ1v) is 9.67. The Morgan fingerprint density at radius 1 is 1.04 bits per heavy atom. The van der Waals surface area contributed by atoms with Gasteiger partial charge in [-0.3, -0.25) is 14.4 Å². The van der Waals surface area contributed by atoms with Crippen molar-refractivity contribution in [3.8, 4) is 0 Å². The van der Waals surface area contributed by atoms with Gasteiger partial charge in [-0.1, -0.05) is 29.8 Å². The van der Waals surface area contributed by atoms with E-state index in [9.17, 15) is 14.4 Å². The summed E-state index contributed by atoms with van der Waals surface area (Å²) < 4.78 is 3.54. The van der Waals surface area contributed by atoms with Crippen LogP contribution in [0.3, 0.4) is 0 Å². The highest BCUT2D eigenvalue weighted by Gasteiger charge is 2.18. The first kappa shape index (κ1) is 18.5. The molecule has 1 amide bonds. The van der Waals surface area contributed by atoms with E-state index in [4.69, 9.17) is 11.6 Å².